The van der Waals surface area contributed by atoms with Crippen molar-refractivity contribution in [2.24, 2.45) is 5.92 Å². The highest BCUT2D eigenvalue weighted by molar-refractivity contribution is 7.92. The van der Waals surface area contributed by atoms with Gasteiger partial charge >= 0.3 is 5.76 Å². The number of hydrogen-bond donors (Lipinski definition) is 1. The van der Waals surface area contributed by atoms with Gasteiger partial charge in [0.25, 0.3) is 0 Å². The second kappa shape index (κ2) is 5.88. The zero-order valence-electron chi connectivity index (χ0n) is 11.0. The zero-order chi connectivity index (χ0) is 15.7. The Kier molecular flexibility index (Phi) is 4.52. The molecular weight excluding hydrogens is 324 g/mol. The van der Waals surface area contributed by atoms with E-state index in [0.717, 1.165) is 6.07 Å². The number of rotatable bonds is 5. The van der Waals surface area contributed by atoms with Gasteiger partial charge in [-0.05, 0) is 24.5 Å². The lowest BCUT2D eigenvalue weighted by Gasteiger charge is -2.14. The minimum absolute atomic E-state index is 0.0315. The molecule has 2 rings (SSSR count). The average molecular weight is 339 g/mol. The second-order valence-electron chi connectivity index (χ2n) is 4.95. The molecule has 1 unspecified atom stereocenters. The Morgan fingerprint density at radius 2 is 1.95 bits per heavy atom. The maximum absolute atomic E-state index is 12.6. The Morgan fingerprint density at radius 1 is 1.29 bits per heavy atom. The molecule has 0 radical (unpaired) electrons. The van der Waals surface area contributed by atoms with Crippen LogP contribution in [0.1, 0.15) is 6.42 Å². The number of hydrogen-bond acceptors (Lipinski definition) is 5. The molecule has 118 valence electrons. The average Bonchev–Trinajstić information content (AvgIpc) is 2.76. The predicted octanol–water partition coefficient (Wildman–Crippen LogP) is 1.53. The molecule has 1 fully saturated rings. The number of nitrogens with one attached hydrogen (secondary N) is 1. The molecule has 1 N–H and O–H groups in total. The fourth-order valence-corrected chi connectivity index (χ4v) is 5.01. The van der Waals surface area contributed by atoms with Gasteiger partial charge in [0.05, 0.1) is 22.1 Å². The summed E-state index contributed by atoms with van der Waals surface area (Å²) in [6.45, 7) is 0.231. The van der Waals surface area contributed by atoms with Gasteiger partial charge in [0.1, 0.15) is 0 Å². The maximum Gasteiger partial charge on any atom is 0.341 e. The van der Waals surface area contributed by atoms with E-state index in [9.17, 15) is 25.6 Å². The minimum atomic E-state index is -4.69. The van der Waals surface area contributed by atoms with Crippen molar-refractivity contribution in [3.63, 3.8) is 0 Å². The van der Waals surface area contributed by atoms with Crippen molar-refractivity contribution in [2.45, 2.75) is 17.1 Å². The van der Waals surface area contributed by atoms with E-state index in [-0.39, 0.29) is 29.7 Å². The normalized spacial score (nSPS) is 21.6. The van der Waals surface area contributed by atoms with Crippen LogP contribution in [0.15, 0.2) is 29.2 Å². The molecule has 1 aromatic carbocycles. The number of benzene rings is 1. The van der Waals surface area contributed by atoms with Crippen molar-refractivity contribution in [2.75, 3.05) is 23.4 Å². The first-order chi connectivity index (χ1) is 9.72. The first-order valence-corrected chi connectivity index (χ1v) is 9.64. The van der Waals surface area contributed by atoms with Gasteiger partial charge in [0.15, 0.2) is 9.84 Å². The van der Waals surface area contributed by atoms with Crippen LogP contribution in [0, 0.1) is 5.92 Å². The fraction of sp³-hybridized carbons (Fsp3) is 0.500. The number of sulfone groups is 2. The van der Waals surface area contributed by atoms with E-state index in [1.165, 1.54) is 18.2 Å². The number of anilines is 1. The summed E-state index contributed by atoms with van der Waals surface area (Å²) < 4.78 is 71.1. The third kappa shape index (κ3) is 3.70. The van der Waals surface area contributed by atoms with Crippen LogP contribution in [0.2, 0.25) is 0 Å². The monoisotopic (exact) mass is 339 g/mol. The quantitative estimate of drug-likeness (QED) is 0.880. The molecule has 1 aromatic rings. The first-order valence-electron chi connectivity index (χ1n) is 6.28. The smallest absolute Gasteiger partial charge is 0.341 e. The molecule has 9 heteroatoms. The summed E-state index contributed by atoms with van der Waals surface area (Å²) >= 11 is 0. The Morgan fingerprint density at radius 3 is 2.52 bits per heavy atom. The lowest BCUT2D eigenvalue weighted by Crippen LogP contribution is -2.19. The van der Waals surface area contributed by atoms with Crippen molar-refractivity contribution in [1.29, 1.82) is 0 Å². The Hall–Kier alpha value is -1.22. The molecule has 0 saturated carbocycles. The lowest BCUT2D eigenvalue weighted by atomic mass is 10.1. The highest BCUT2D eigenvalue weighted by Crippen LogP contribution is 2.27. The van der Waals surface area contributed by atoms with Crippen LogP contribution in [0.5, 0.6) is 0 Å². The molecular formula is C12H15F2NO4S2. The summed E-state index contributed by atoms with van der Waals surface area (Å²) in [7, 11) is -7.72. The van der Waals surface area contributed by atoms with Gasteiger partial charge in [-0.3, -0.25) is 0 Å². The van der Waals surface area contributed by atoms with Gasteiger partial charge in [-0.1, -0.05) is 12.1 Å². The molecule has 0 spiro atoms. The molecule has 0 aromatic heterocycles. The standard InChI is InChI=1S/C12H15F2NO4S2/c13-12(14)21(18,19)11-4-2-1-3-10(11)15-7-9-5-6-20(16,17)8-9/h1-4,9,12,15H,5-8H2. The van der Waals surface area contributed by atoms with E-state index >= 15 is 0 Å². The highest BCUT2D eigenvalue weighted by Gasteiger charge is 2.30. The SMILES string of the molecule is O=S1(=O)CCC(CNc2ccccc2S(=O)(=O)C(F)F)C1. The van der Waals surface area contributed by atoms with Crippen LogP contribution in [-0.4, -0.2) is 40.6 Å². The van der Waals surface area contributed by atoms with Crippen molar-refractivity contribution in [3.8, 4) is 0 Å². The van der Waals surface area contributed by atoms with Crippen molar-refractivity contribution < 1.29 is 25.6 Å². The summed E-state index contributed by atoms with van der Waals surface area (Å²) in [5, 5.41) is 2.78. The number of halogens is 2. The summed E-state index contributed by atoms with van der Waals surface area (Å²) in [4.78, 5) is -0.471. The third-order valence-electron chi connectivity index (χ3n) is 3.34. The van der Waals surface area contributed by atoms with Gasteiger partial charge in [0.2, 0.25) is 9.84 Å². The Bertz CT molecular complexity index is 717. The van der Waals surface area contributed by atoms with E-state index in [4.69, 9.17) is 0 Å². The molecule has 1 aliphatic rings. The van der Waals surface area contributed by atoms with Crippen molar-refractivity contribution >= 4 is 25.4 Å². The topological polar surface area (TPSA) is 80.3 Å². The molecule has 1 saturated heterocycles. The van der Waals surface area contributed by atoms with Gasteiger partial charge in [-0.2, -0.15) is 8.78 Å². The Labute approximate surface area is 122 Å². The first kappa shape index (κ1) is 16.2. The van der Waals surface area contributed by atoms with Gasteiger partial charge in [-0.15, -0.1) is 0 Å². The molecule has 0 bridgehead atoms. The van der Waals surface area contributed by atoms with Gasteiger partial charge in [-0.25, -0.2) is 16.8 Å². The largest absolute Gasteiger partial charge is 0.384 e. The zero-order valence-corrected chi connectivity index (χ0v) is 12.6. The van der Waals surface area contributed by atoms with Crippen molar-refractivity contribution in [1.82, 2.24) is 0 Å². The van der Waals surface area contributed by atoms with Crippen LogP contribution in [0.3, 0.4) is 0 Å². The van der Waals surface area contributed by atoms with Crippen LogP contribution in [0.25, 0.3) is 0 Å². The molecule has 1 aliphatic heterocycles. The second-order valence-corrected chi connectivity index (χ2v) is 9.07. The molecule has 5 nitrogen and oxygen atoms in total. The van der Waals surface area contributed by atoms with E-state index in [2.05, 4.69) is 5.32 Å². The van der Waals surface area contributed by atoms with Gasteiger partial charge < -0.3 is 5.32 Å². The number of alkyl halides is 2. The Balaban J connectivity index is 2.15. The molecule has 1 atom stereocenters. The number of para-hydroxylation sites is 1. The molecule has 0 aliphatic carbocycles. The predicted molar refractivity (Wildman–Crippen MR) is 74.9 cm³/mol. The third-order valence-corrected chi connectivity index (χ3v) is 6.61. The summed E-state index contributed by atoms with van der Waals surface area (Å²) in [5.41, 5.74) is 0.0714. The van der Waals surface area contributed by atoms with Crippen LogP contribution in [0.4, 0.5) is 14.5 Å². The van der Waals surface area contributed by atoms with Crippen LogP contribution in [-0.2, 0) is 19.7 Å². The summed E-state index contributed by atoms with van der Waals surface area (Å²) in [5.74, 6) is -3.50. The van der Waals surface area contributed by atoms with E-state index in [1.54, 1.807) is 0 Å². The van der Waals surface area contributed by atoms with E-state index < -0.39 is 30.3 Å². The highest BCUT2D eigenvalue weighted by atomic mass is 32.2. The van der Waals surface area contributed by atoms with Gasteiger partial charge in [0, 0.05) is 6.54 Å². The van der Waals surface area contributed by atoms with Crippen molar-refractivity contribution in [3.05, 3.63) is 24.3 Å². The molecule has 21 heavy (non-hydrogen) atoms. The van der Waals surface area contributed by atoms with E-state index in [0.29, 0.717) is 6.42 Å². The summed E-state index contributed by atoms with van der Waals surface area (Å²) in [6, 6.07) is 5.38. The van der Waals surface area contributed by atoms with E-state index in [1.807, 2.05) is 0 Å². The lowest BCUT2D eigenvalue weighted by molar-refractivity contribution is 0.235. The van der Waals surface area contributed by atoms with Crippen LogP contribution < -0.4 is 5.32 Å². The minimum Gasteiger partial charge on any atom is -0.384 e. The van der Waals surface area contributed by atoms with Crippen LogP contribution >= 0.6 is 0 Å². The maximum atomic E-state index is 12.6. The molecule has 1 heterocycles. The molecule has 0 amide bonds. The fourth-order valence-electron chi connectivity index (χ4n) is 2.24. The summed E-state index contributed by atoms with van der Waals surface area (Å²) in [6.07, 6.45) is 0.485.